The van der Waals surface area contributed by atoms with Gasteiger partial charge in [-0.3, -0.25) is 4.98 Å². The first kappa shape index (κ1) is 11.3. The molecular formula is C14H11FN2. The van der Waals surface area contributed by atoms with Crippen molar-refractivity contribution >= 4 is 0 Å². The minimum Gasteiger partial charge on any atom is -0.264 e. The summed E-state index contributed by atoms with van der Waals surface area (Å²) in [5.41, 5.74) is 1.83. The van der Waals surface area contributed by atoms with E-state index >= 15 is 0 Å². The van der Waals surface area contributed by atoms with Crippen LogP contribution in [0.4, 0.5) is 4.39 Å². The number of pyridine rings is 1. The highest BCUT2D eigenvalue weighted by molar-refractivity contribution is 5.28. The number of benzene rings is 1. The number of nitrogens with zero attached hydrogens (tertiary/aromatic N) is 2. The van der Waals surface area contributed by atoms with Crippen LogP contribution in [0.2, 0.25) is 0 Å². The zero-order chi connectivity index (χ0) is 12.1. The Bertz CT molecular complexity index is 514. The van der Waals surface area contributed by atoms with E-state index < -0.39 is 0 Å². The van der Waals surface area contributed by atoms with Crippen LogP contribution in [0.3, 0.4) is 0 Å². The van der Waals surface area contributed by atoms with Crippen molar-refractivity contribution in [2.45, 2.75) is 12.3 Å². The maximum atomic E-state index is 12.8. The van der Waals surface area contributed by atoms with E-state index in [4.69, 9.17) is 5.26 Å². The second-order valence-corrected chi connectivity index (χ2v) is 3.80. The summed E-state index contributed by atoms with van der Waals surface area (Å²) >= 11 is 0. The number of hydrogen-bond acceptors (Lipinski definition) is 2. The van der Waals surface area contributed by atoms with Gasteiger partial charge in [-0.2, -0.15) is 5.26 Å². The Hall–Kier alpha value is -2.21. The predicted octanol–water partition coefficient (Wildman–Crippen LogP) is 3.07. The molecule has 2 rings (SSSR count). The minimum atomic E-state index is -0.285. The Morgan fingerprint density at radius 3 is 2.59 bits per heavy atom. The molecule has 1 atom stereocenters. The van der Waals surface area contributed by atoms with Crippen LogP contribution in [0.15, 0.2) is 48.8 Å². The van der Waals surface area contributed by atoms with Crippen molar-refractivity contribution < 1.29 is 4.39 Å². The first-order valence-electron chi connectivity index (χ1n) is 5.33. The van der Waals surface area contributed by atoms with E-state index in [1.807, 2.05) is 12.1 Å². The van der Waals surface area contributed by atoms with Crippen LogP contribution < -0.4 is 0 Å². The number of aromatic nitrogens is 1. The van der Waals surface area contributed by atoms with Crippen LogP contribution >= 0.6 is 0 Å². The quantitative estimate of drug-likeness (QED) is 0.806. The lowest BCUT2D eigenvalue weighted by Crippen LogP contribution is -2.00. The van der Waals surface area contributed by atoms with Crippen molar-refractivity contribution in [2.24, 2.45) is 0 Å². The lowest BCUT2D eigenvalue weighted by Gasteiger charge is -2.08. The van der Waals surface area contributed by atoms with E-state index in [0.717, 1.165) is 11.1 Å². The largest absolute Gasteiger partial charge is 0.264 e. The molecule has 3 heteroatoms. The third-order valence-electron chi connectivity index (χ3n) is 2.59. The van der Waals surface area contributed by atoms with Crippen molar-refractivity contribution in [2.75, 3.05) is 0 Å². The Morgan fingerprint density at radius 2 is 2.00 bits per heavy atom. The predicted molar refractivity (Wildman–Crippen MR) is 62.7 cm³/mol. The molecule has 17 heavy (non-hydrogen) atoms. The molecule has 0 spiro atoms. The van der Waals surface area contributed by atoms with Gasteiger partial charge in [-0.15, -0.1) is 0 Å². The Morgan fingerprint density at radius 1 is 1.24 bits per heavy atom. The summed E-state index contributed by atoms with van der Waals surface area (Å²) < 4.78 is 12.8. The zero-order valence-corrected chi connectivity index (χ0v) is 9.18. The van der Waals surface area contributed by atoms with Gasteiger partial charge in [0.1, 0.15) is 5.82 Å². The van der Waals surface area contributed by atoms with Gasteiger partial charge in [0.05, 0.1) is 12.0 Å². The molecule has 1 heterocycles. The summed E-state index contributed by atoms with van der Waals surface area (Å²) in [4.78, 5) is 4.01. The van der Waals surface area contributed by atoms with E-state index in [2.05, 4.69) is 11.1 Å². The van der Waals surface area contributed by atoms with Crippen molar-refractivity contribution in [3.63, 3.8) is 0 Å². The van der Waals surface area contributed by atoms with Gasteiger partial charge in [-0.25, -0.2) is 4.39 Å². The van der Waals surface area contributed by atoms with Gasteiger partial charge in [0.25, 0.3) is 0 Å². The molecule has 0 fully saturated rings. The minimum absolute atomic E-state index is 0.264. The summed E-state index contributed by atoms with van der Waals surface area (Å²) in [6.45, 7) is 0. The second-order valence-electron chi connectivity index (χ2n) is 3.80. The molecule has 1 aromatic carbocycles. The first-order chi connectivity index (χ1) is 8.29. The molecule has 2 nitrogen and oxygen atoms in total. The van der Waals surface area contributed by atoms with Crippen molar-refractivity contribution in [3.05, 3.63) is 65.7 Å². The number of rotatable bonds is 3. The monoisotopic (exact) mass is 226 g/mol. The van der Waals surface area contributed by atoms with E-state index in [-0.39, 0.29) is 11.7 Å². The van der Waals surface area contributed by atoms with Gasteiger partial charge in [0.2, 0.25) is 0 Å². The number of halogens is 1. The molecule has 0 saturated heterocycles. The fourth-order valence-corrected chi connectivity index (χ4v) is 1.69. The lowest BCUT2D eigenvalue weighted by atomic mass is 9.94. The molecule has 0 bridgehead atoms. The SMILES string of the molecule is N#CC(Cc1cccnc1)c1ccc(F)cc1. The highest BCUT2D eigenvalue weighted by Gasteiger charge is 2.11. The standard InChI is InChI=1S/C14H11FN2/c15-14-5-3-12(4-6-14)13(9-16)8-11-2-1-7-17-10-11/h1-7,10,13H,8H2. The van der Waals surface area contributed by atoms with Crippen molar-refractivity contribution in [3.8, 4) is 6.07 Å². The highest BCUT2D eigenvalue weighted by atomic mass is 19.1. The van der Waals surface area contributed by atoms with Gasteiger partial charge in [-0.1, -0.05) is 18.2 Å². The van der Waals surface area contributed by atoms with Crippen molar-refractivity contribution in [1.82, 2.24) is 4.98 Å². The van der Waals surface area contributed by atoms with Crippen LogP contribution in [-0.2, 0) is 6.42 Å². The molecule has 0 amide bonds. The molecule has 0 N–H and O–H groups in total. The van der Waals surface area contributed by atoms with Crippen LogP contribution in [-0.4, -0.2) is 4.98 Å². The average molecular weight is 226 g/mol. The lowest BCUT2D eigenvalue weighted by molar-refractivity contribution is 0.626. The molecular weight excluding hydrogens is 215 g/mol. The van der Waals surface area contributed by atoms with Crippen LogP contribution in [0.25, 0.3) is 0 Å². The molecule has 0 radical (unpaired) electrons. The zero-order valence-electron chi connectivity index (χ0n) is 9.18. The van der Waals surface area contributed by atoms with E-state index in [9.17, 15) is 4.39 Å². The van der Waals surface area contributed by atoms with Gasteiger partial charge >= 0.3 is 0 Å². The summed E-state index contributed by atoms with van der Waals surface area (Å²) in [5, 5.41) is 9.15. The van der Waals surface area contributed by atoms with Gasteiger partial charge in [0, 0.05) is 12.4 Å². The molecule has 1 aromatic heterocycles. The highest BCUT2D eigenvalue weighted by Crippen LogP contribution is 2.20. The van der Waals surface area contributed by atoms with Gasteiger partial charge in [-0.05, 0) is 35.7 Å². The molecule has 0 aliphatic rings. The van der Waals surface area contributed by atoms with Crippen LogP contribution in [0.1, 0.15) is 17.0 Å². The van der Waals surface area contributed by atoms with E-state index in [1.165, 1.54) is 12.1 Å². The molecule has 0 aliphatic carbocycles. The summed E-state index contributed by atoms with van der Waals surface area (Å²) in [6, 6.07) is 12.1. The fraction of sp³-hybridized carbons (Fsp3) is 0.143. The Balaban J connectivity index is 2.18. The summed E-state index contributed by atoms with van der Waals surface area (Å²) in [7, 11) is 0. The van der Waals surface area contributed by atoms with E-state index in [0.29, 0.717) is 6.42 Å². The normalized spacial score (nSPS) is 11.8. The Labute approximate surface area is 99.4 Å². The molecule has 0 aliphatic heterocycles. The third kappa shape index (κ3) is 2.88. The van der Waals surface area contributed by atoms with Crippen LogP contribution in [0, 0.1) is 17.1 Å². The fourth-order valence-electron chi connectivity index (χ4n) is 1.69. The topological polar surface area (TPSA) is 36.7 Å². The smallest absolute Gasteiger partial charge is 0.123 e. The van der Waals surface area contributed by atoms with Crippen LogP contribution in [0.5, 0.6) is 0 Å². The van der Waals surface area contributed by atoms with E-state index in [1.54, 1.807) is 24.5 Å². The molecule has 2 aromatic rings. The van der Waals surface area contributed by atoms with Gasteiger partial charge < -0.3 is 0 Å². The third-order valence-corrected chi connectivity index (χ3v) is 2.59. The molecule has 84 valence electrons. The Kier molecular flexibility index (Phi) is 3.46. The van der Waals surface area contributed by atoms with Gasteiger partial charge in [0.15, 0.2) is 0 Å². The first-order valence-corrected chi connectivity index (χ1v) is 5.33. The molecule has 0 saturated carbocycles. The average Bonchev–Trinajstić information content (AvgIpc) is 2.38. The van der Waals surface area contributed by atoms with Crippen molar-refractivity contribution in [1.29, 1.82) is 5.26 Å². The molecule has 1 unspecified atom stereocenters. The maximum absolute atomic E-state index is 12.8. The maximum Gasteiger partial charge on any atom is 0.123 e. The number of nitriles is 1. The second kappa shape index (κ2) is 5.22. The summed E-state index contributed by atoms with van der Waals surface area (Å²) in [5.74, 6) is -0.549. The number of hydrogen-bond donors (Lipinski definition) is 0. The summed E-state index contributed by atoms with van der Waals surface area (Å²) in [6.07, 6.45) is 4.03.